The fraction of sp³-hybridized carbons (Fsp3) is 0.421. The van der Waals surface area contributed by atoms with E-state index in [4.69, 9.17) is 4.42 Å². The first-order valence-electron chi connectivity index (χ1n) is 8.57. The quantitative estimate of drug-likeness (QED) is 0.777. The lowest BCUT2D eigenvalue weighted by molar-refractivity contribution is 0.0774. The van der Waals surface area contributed by atoms with Crippen LogP contribution in [0.4, 0.5) is 0 Å². The van der Waals surface area contributed by atoms with E-state index in [1.165, 1.54) is 31.1 Å². The molecule has 0 spiro atoms. The van der Waals surface area contributed by atoms with Crippen molar-refractivity contribution < 1.29 is 17.6 Å². The van der Waals surface area contributed by atoms with E-state index in [9.17, 15) is 13.2 Å². The highest BCUT2D eigenvalue weighted by Crippen LogP contribution is 2.47. The molecule has 6 nitrogen and oxygen atoms in total. The number of hydrogen-bond donors (Lipinski definition) is 0. The van der Waals surface area contributed by atoms with Gasteiger partial charge in [0.05, 0.1) is 11.4 Å². The summed E-state index contributed by atoms with van der Waals surface area (Å²) in [5.41, 5.74) is 0.331. The molecular weight excluding hydrogens is 352 g/mol. The molecule has 1 heterocycles. The number of amides is 1. The Balaban J connectivity index is 1.73. The maximum absolute atomic E-state index is 12.7. The Hall–Kier alpha value is -2.12. The van der Waals surface area contributed by atoms with Crippen LogP contribution in [0.25, 0.3) is 0 Å². The monoisotopic (exact) mass is 376 g/mol. The van der Waals surface area contributed by atoms with Gasteiger partial charge in [0.15, 0.2) is 0 Å². The van der Waals surface area contributed by atoms with Gasteiger partial charge in [0.1, 0.15) is 11.5 Å². The van der Waals surface area contributed by atoms with Crippen LogP contribution in [0.1, 0.15) is 41.1 Å². The van der Waals surface area contributed by atoms with Gasteiger partial charge in [-0.1, -0.05) is 13.0 Å². The van der Waals surface area contributed by atoms with E-state index in [1.807, 2.05) is 12.1 Å². The minimum Gasteiger partial charge on any atom is -0.464 e. The maximum atomic E-state index is 12.7. The molecule has 0 saturated heterocycles. The van der Waals surface area contributed by atoms with Crippen LogP contribution in [-0.4, -0.2) is 44.7 Å². The molecule has 1 fully saturated rings. The van der Waals surface area contributed by atoms with Gasteiger partial charge in [0.2, 0.25) is 10.0 Å². The zero-order valence-electron chi connectivity index (χ0n) is 15.5. The number of carbonyl (C=O) groups is 1. The Morgan fingerprint density at radius 2 is 1.88 bits per heavy atom. The number of rotatable bonds is 6. The van der Waals surface area contributed by atoms with Gasteiger partial charge < -0.3 is 9.32 Å². The van der Waals surface area contributed by atoms with E-state index in [0.717, 1.165) is 22.2 Å². The molecule has 0 unspecified atom stereocenters. The van der Waals surface area contributed by atoms with Gasteiger partial charge in [-0.05, 0) is 42.7 Å². The highest BCUT2D eigenvalue weighted by atomic mass is 32.2. The first-order chi connectivity index (χ1) is 12.2. The van der Waals surface area contributed by atoms with E-state index < -0.39 is 10.0 Å². The number of carbonyl (C=O) groups excluding carboxylic acids is 1. The first-order valence-corrected chi connectivity index (χ1v) is 10.0. The average Bonchev–Trinajstić information content (AvgIpc) is 3.15. The topological polar surface area (TPSA) is 70.8 Å². The molecule has 1 aliphatic carbocycles. The fourth-order valence-electron chi connectivity index (χ4n) is 2.92. The van der Waals surface area contributed by atoms with Crippen LogP contribution >= 0.6 is 0 Å². The Kier molecular flexibility index (Phi) is 4.94. The van der Waals surface area contributed by atoms with Crippen LogP contribution in [0.3, 0.4) is 0 Å². The summed E-state index contributed by atoms with van der Waals surface area (Å²) in [5.74, 6) is 2.62. The van der Waals surface area contributed by atoms with Gasteiger partial charge in [-0.2, -0.15) is 0 Å². The van der Waals surface area contributed by atoms with Crippen molar-refractivity contribution in [1.82, 2.24) is 9.21 Å². The molecule has 1 saturated carbocycles. The molecule has 1 aliphatic rings. The zero-order valence-corrected chi connectivity index (χ0v) is 16.3. The Morgan fingerprint density at radius 3 is 2.50 bits per heavy atom. The van der Waals surface area contributed by atoms with Crippen LogP contribution in [0.15, 0.2) is 45.7 Å². The van der Waals surface area contributed by atoms with Gasteiger partial charge in [-0.25, -0.2) is 12.7 Å². The smallest absolute Gasteiger partial charge is 0.254 e. The summed E-state index contributed by atoms with van der Waals surface area (Å²) in [6.07, 6.45) is 1.15. The lowest BCUT2D eigenvalue weighted by Crippen LogP contribution is -2.27. The second-order valence-corrected chi connectivity index (χ2v) is 9.25. The molecule has 2 atom stereocenters. The third-order valence-corrected chi connectivity index (χ3v) is 6.57. The SMILES string of the molecule is C[C@@H]1C[C@H]1c1ccc(CN(C)C(=O)c2cccc(S(=O)(=O)N(C)C)c2)o1. The summed E-state index contributed by atoms with van der Waals surface area (Å²) in [6.45, 7) is 2.53. The molecule has 0 N–H and O–H groups in total. The van der Waals surface area contributed by atoms with E-state index in [-0.39, 0.29) is 10.8 Å². The molecule has 0 radical (unpaired) electrons. The van der Waals surface area contributed by atoms with Crippen LogP contribution < -0.4 is 0 Å². The molecule has 140 valence electrons. The van der Waals surface area contributed by atoms with E-state index in [0.29, 0.717) is 23.9 Å². The van der Waals surface area contributed by atoms with Gasteiger partial charge >= 0.3 is 0 Å². The van der Waals surface area contributed by atoms with Crippen molar-refractivity contribution in [2.45, 2.75) is 30.7 Å². The van der Waals surface area contributed by atoms with Crippen molar-refractivity contribution >= 4 is 15.9 Å². The third kappa shape index (κ3) is 3.68. The minimum atomic E-state index is -3.58. The largest absolute Gasteiger partial charge is 0.464 e. The van der Waals surface area contributed by atoms with Gasteiger partial charge in [-0.3, -0.25) is 4.79 Å². The lowest BCUT2D eigenvalue weighted by Gasteiger charge is -2.17. The second kappa shape index (κ2) is 6.89. The highest BCUT2D eigenvalue weighted by Gasteiger charge is 2.36. The predicted octanol–water partition coefficient (Wildman–Crippen LogP) is 2.93. The molecule has 1 aromatic carbocycles. The third-order valence-electron chi connectivity index (χ3n) is 4.76. The molecule has 2 aromatic rings. The van der Waals surface area contributed by atoms with Crippen molar-refractivity contribution in [2.75, 3.05) is 21.1 Å². The molecular formula is C19H24N2O4S. The predicted molar refractivity (Wildman–Crippen MR) is 98.3 cm³/mol. The average molecular weight is 376 g/mol. The Morgan fingerprint density at radius 1 is 1.19 bits per heavy atom. The molecule has 3 rings (SSSR count). The molecule has 1 aromatic heterocycles. The van der Waals surface area contributed by atoms with Crippen LogP contribution in [-0.2, 0) is 16.6 Å². The second-order valence-electron chi connectivity index (χ2n) is 7.10. The van der Waals surface area contributed by atoms with Crippen molar-refractivity contribution in [2.24, 2.45) is 5.92 Å². The highest BCUT2D eigenvalue weighted by molar-refractivity contribution is 7.89. The van der Waals surface area contributed by atoms with Gasteiger partial charge in [-0.15, -0.1) is 0 Å². The number of hydrogen-bond acceptors (Lipinski definition) is 4. The van der Waals surface area contributed by atoms with Crippen LogP contribution in [0.5, 0.6) is 0 Å². The maximum Gasteiger partial charge on any atom is 0.254 e. The van der Waals surface area contributed by atoms with Crippen molar-refractivity contribution in [3.63, 3.8) is 0 Å². The van der Waals surface area contributed by atoms with Crippen LogP contribution in [0.2, 0.25) is 0 Å². The lowest BCUT2D eigenvalue weighted by atomic mass is 10.2. The summed E-state index contributed by atoms with van der Waals surface area (Å²) >= 11 is 0. The van der Waals surface area contributed by atoms with E-state index in [2.05, 4.69) is 6.92 Å². The van der Waals surface area contributed by atoms with Crippen molar-refractivity contribution in [3.05, 3.63) is 53.5 Å². The molecule has 0 aliphatic heterocycles. The van der Waals surface area contributed by atoms with Gasteiger partial charge in [0, 0.05) is 32.6 Å². The summed E-state index contributed by atoms with van der Waals surface area (Å²) in [4.78, 5) is 14.3. The Bertz CT molecular complexity index is 917. The molecule has 7 heteroatoms. The molecule has 0 bridgehead atoms. The van der Waals surface area contributed by atoms with E-state index >= 15 is 0 Å². The summed E-state index contributed by atoms with van der Waals surface area (Å²) < 4.78 is 31.5. The fourth-order valence-corrected chi connectivity index (χ4v) is 3.87. The number of nitrogens with zero attached hydrogens (tertiary/aromatic N) is 2. The van der Waals surface area contributed by atoms with Crippen molar-refractivity contribution in [3.8, 4) is 0 Å². The molecule has 1 amide bonds. The minimum absolute atomic E-state index is 0.102. The number of benzene rings is 1. The summed E-state index contributed by atoms with van der Waals surface area (Å²) in [5, 5.41) is 0. The number of furan rings is 1. The molecule has 26 heavy (non-hydrogen) atoms. The first kappa shape index (κ1) is 18.7. The normalized spacial score (nSPS) is 19.6. The number of sulfonamides is 1. The summed E-state index contributed by atoms with van der Waals surface area (Å²) in [6, 6.07) is 9.97. The van der Waals surface area contributed by atoms with E-state index in [1.54, 1.807) is 19.2 Å². The summed E-state index contributed by atoms with van der Waals surface area (Å²) in [7, 11) is 1.03. The van der Waals surface area contributed by atoms with Crippen LogP contribution in [0, 0.1) is 5.92 Å². The Labute approximate surface area is 154 Å². The standard InChI is InChI=1S/C19H24N2O4S/c1-13-10-17(13)18-9-8-15(25-18)12-21(4)19(22)14-6-5-7-16(11-14)26(23,24)20(2)3/h5-9,11,13,17H,10,12H2,1-4H3/t13-,17-/m1/s1. The zero-order chi connectivity index (χ0) is 19.1. The van der Waals surface area contributed by atoms with Gasteiger partial charge in [0.25, 0.3) is 5.91 Å². The van der Waals surface area contributed by atoms with Crippen molar-refractivity contribution in [1.29, 1.82) is 0 Å².